The minimum Gasteiger partial charge on any atom is -0.432 e. The summed E-state index contributed by atoms with van der Waals surface area (Å²) in [6, 6.07) is 1.06. The van der Waals surface area contributed by atoms with Gasteiger partial charge < -0.3 is 15.1 Å². The standard InChI is InChI=1S/C9H17N3O/c1-4-12(7(2)3)9-11-8(5-10)6-13-9/h6-7H,4-5,10H2,1-3H3. The van der Waals surface area contributed by atoms with Crippen molar-refractivity contribution in [3.05, 3.63) is 12.0 Å². The minimum absolute atomic E-state index is 0.397. The summed E-state index contributed by atoms with van der Waals surface area (Å²) in [5, 5.41) is 0. The third kappa shape index (κ3) is 2.21. The van der Waals surface area contributed by atoms with Gasteiger partial charge in [-0.2, -0.15) is 4.98 Å². The molecule has 0 aliphatic rings. The van der Waals surface area contributed by atoms with Crippen molar-refractivity contribution in [3.8, 4) is 0 Å². The fraction of sp³-hybridized carbons (Fsp3) is 0.667. The zero-order valence-electron chi connectivity index (χ0n) is 8.45. The monoisotopic (exact) mass is 183 g/mol. The van der Waals surface area contributed by atoms with E-state index in [4.69, 9.17) is 10.2 Å². The quantitative estimate of drug-likeness (QED) is 0.766. The van der Waals surface area contributed by atoms with E-state index in [2.05, 4.69) is 30.7 Å². The maximum atomic E-state index is 5.44. The average molecular weight is 183 g/mol. The van der Waals surface area contributed by atoms with Gasteiger partial charge in [-0.3, -0.25) is 0 Å². The van der Waals surface area contributed by atoms with E-state index in [1.807, 2.05) is 0 Å². The molecule has 0 saturated heterocycles. The molecule has 0 spiro atoms. The average Bonchev–Trinajstić information content (AvgIpc) is 2.53. The van der Waals surface area contributed by atoms with Crippen LogP contribution in [-0.4, -0.2) is 17.6 Å². The van der Waals surface area contributed by atoms with Crippen LogP contribution in [0.25, 0.3) is 0 Å². The van der Waals surface area contributed by atoms with Crippen molar-refractivity contribution in [1.29, 1.82) is 0 Å². The molecule has 0 aliphatic heterocycles. The number of hydrogen-bond donors (Lipinski definition) is 1. The van der Waals surface area contributed by atoms with Gasteiger partial charge in [-0.1, -0.05) is 0 Å². The molecule has 0 fully saturated rings. The van der Waals surface area contributed by atoms with Crippen LogP contribution in [0, 0.1) is 0 Å². The van der Waals surface area contributed by atoms with Crippen LogP contribution in [0.15, 0.2) is 10.7 Å². The molecule has 0 aliphatic carbocycles. The summed E-state index contributed by atoms with van der Waals surface area (Å²) in [4.78, 5) is 6.34. The van der Waals surface area contributed by atoms with Crippen LogP contribution in [0.4, 0.5) is 6.01 Å². The molecule has 0 unspecified atom stereocenters. The number of rotatable bonds is 4. The molecule has 1 rings (SSSR count). The predicted molar refractivity (Wildman–Crippen MR) is 52.6 cm³/mol. The van der Waals surface area contributed by atoms with Gasteiger partial charge in [0.1, 0.15) is 6.26 Å². The van der Waals surface area contributed by atoms with Crippen LogP contribution in [0.3, 0.4) is 0 Å². The fourth-order valence-corrected chi connectivity index (χ4v) is 1.24. The van der Waals surface area contributed by atoms with Crippen LogP contribution in [0.5, 0.6) is 0 Å². The number of oxazole rings is 1. The molecular formula is C9H17N3O. The second kappa shape index (κ2) is 4.28. The Morgan fingerprint density at radius 1 is 1.62 bits per heavy atom. The van der Waals surface area contributed by atoms with Gasteiger partial charge in [-0.05, 0) is 20.8 Å². The number of nitrogens with two attached hydrogens (primary N) is 1. The van der Waals surface area contributed by atoms with E-state index in [9.17, 15) is 0 Å². The molecule has 0 saturated carbocycles. The first-order chi connectivity index (χ1) is 6.19. The highest BCUT2D eigenvalue weighted by Crippen LogP contribution is 2.15. The molecule has 1 heterocycles. The van der Waals surface area contributed by atoms with Gasteiger partial charge in [0.2, 0.25) is 0 Å². The van der Waals surface area contributed by atoms with Crippen LogP contribution in [0.2, 0.25) is 0 Å². The SMILES string of the molecule is CCN(c1nc(CN)co1)C(C)C. The van der Waals surface area contributed by atoms with Crippen molar-refractivity contribution >= 4 is 6.01 Å². The van der Waals surface area contributed by atoms with Crippen LogP contribution in [-0.2, 0) is 6.54 Å². The molecule has 13 heavy (non-hydrogen) atoms. The number of nitrogens with zero attached hydrogens (tertiary/aromatic N) is 2. The maximum Gasteiger partial charge on any atom is 0.297 e. The van der Waals surface area contributed by atoms with Crippen molar-refractivity contribution in [2.24, 2.45) is 5.73 Å². The van der Waals surface area contributed by atoms with Gasteiger partial charge in [0.05, 0.1) is 5.69 Å². The zero-order chi connectivity index (χ0) is 9.84. The highest BCUT2D eigenvalue weighted by Gasteiger charge is 2.13. The Morgan fingerprint density at radius 3 is 2.69 bits per heavy atom. The van der Waals surface area contributed by atoms with Crippen LogP contribution >= 0.6 is 0 Å². The largest absolute Gasteiger partial charge is 0.432 e. The fourth-order valence-electron chi connectivity index (χ4n) is 1.24. The molecule has 1 aromatic heterocycles. The molecule has 0 radical (unpaired) electrons. The normalized spacial score (nSPS) is 10.8. The van der Waals surface area contributed by atoms with E-state index in [0.717, 1.165) is 12.2 Å². The van der Waals surface area contributed by atoms with Gasteiger partial charge in [0.15, 0.2) is 0 Å². The number of hydrogen-bond acceptors (Lipinski definition) is 4. The molecule has 0 atom stereocenters. The van der Waals surface area contributed by atoms with E-state index >= 15 is 0 Å². The number of aromatic nitrogens is 1. The molecule has 0 bridgehead atoms. The van der Waals surface area contributed by atoms with Crippen molar-refractivity contribution in [2.45, 2.75) is 33.4 Å². The molecular weight excluding hydrogens is 166 g/mol. The Balaban J connectivity index is 2.79. The Kier molecular flexibility index (Phi) is 3.31. The van der Waals surface area contributed by atoms with Gasteiger partial charge in [-0.15, -0.1) is 0 Å². The van der Waals surface area contributed by atoms with E-state index < -0.39 is 0 Å². The summed E-state index contributed by atoms with van der Waals surface area (Å²) in [6.45, 7) is 7.61. The number of anilines is 1. The Hall–Kier alpha value is -1.03. The summed E-state index contributed by atoms with van der Waals surface area (Å²) < 4.78 is 5.30. The molecule has 4 heteroatoms. The first kappa shape index (κ1) is 10.1. The van der Waals surface area contributed by atoms with E-state index in [1.165, 1.54) is 0 Å². The minimum atomic E-state index is 0.397. The first-order valence-electron chi connectivity index (χ1n) is 4.60. The molecule has 0 aromatic carbocycles. The van der Waals surface area contributed by atoms with E-state index in [0.29, 0.717) is 18.6 Å². The first-order valence-corrected chi connectivity index (χ1v) is 4.60. The lowest BCUT2D eigenvalue weighted by atomic mass is 10.3. The molecule has 1 aromatic rings. The van der Waals surface area contributed by atoms with Crippen molar-refractivity contribution in [1.82, 2.24) is 4.98 Å². The molecule has 0 amide bonds. The smallest absolute Gasteiger partial charge is 0.297 e. The van der Waals surface area contributed by atoms with Gasteiger partial charge in [0, 0.05) is 19.1 Å². The van der Waals surface area contributed by atoms with Gasteiger partial charge in [0.25, 0.3) is 6.01 Å². The summed E-state index contributed by atoms with van der Waals surface area (Å²) in [5.74, 6) is 0. The summed E-state index contributed by atoms with van der Waals surface area (Å²) >= 11 is 0. The van der Waals surface area contributed by atoms with E-state index in [-0.39, 0.29) is 0 Å². The lowest BCUT2D eigenvalue weighted by molar-refractivity contribution is 0.516. The second-order valence-electron chi connectivity index (χ2n) is 3.21. The predicted octanol–water partition coefficient (Wildman–Crippen LogP) is 1.37. The van der Waals surface area contributed by atoms with Crippen LogP contribution in [0.1, 0.15) is 26.5 Å². The Morgan fingerprint density at radius 2 is 2.31 bits per heavy atom. The third-order valence-electron chi connectivity index (χ3n) is 1.96. The highest BCUT2D eigenvalue weighted by molar-refractivity contribution is 5.27. The molecule has 2 N–H and O–H groups in total. The van der Waals surface area contributed by atoms with Crippen molar-refractivity contribution < 1.29 is 4.42 Å². The summed E-state index contributed by atoms with van der Waals surface area (Å²) in [7, 11) is 0. The van der Waals surface area contributed by atoms with E-state index in [1.54, 1.807) is 6.26 Å². The lowest BCUT2D eigenvalue weighted by Crippen LogP contribution is -2.30. The topological polar surface area (TPSA) is 55.3 Å². The zero-order valence-corrected chi connectivity index (χ0v) is 8.45. The van der Waals surface area contributed by atoms with Crippen molar-refractivity contribution in [3.63, 3.8) is 0 Å². The third-order valence-corrected chi connectivity index (χ3v) is 1.96. The molecule has 4 nitrogen and oxygen atoms in total. The summed E-state index contributed by atoms with van der Waals surface area (Å²) in [6.07, 6.45) is 1.61. The van der Waals surface area contributed by atoms with Crippen molar-refractivity contribution in [2.75, 3.05) is 11.4 Å². The van der Waals surface area contributed by atoms with Gasteiger partial charge >= 0.3 is 0 Å². The second-order valence-corrected chi connectivity index (χ2v) is 3.21. The van der Waals surface area contributed by atoms with Crippen LogP contribution < -0.4 is 10.6 Å². The van der Waals surface area contributed by atoms with Gasteiger partial charge in [-0.25, -0.2) is 0 Å². The Bertz CT molecular complexity index is 257. The lowest BCUT2D eigenvalue weighted by Gasteiger charge is -2.22. The summed E-state index contributed by atoms with van der Waals surface area (Å²) in [5.41, 5.74) is 6.24. The maximum absolute atomic E-state index is 5.44. The molecule has 74 valence electrons. The highest BCUT2D eigenvalue weighted by atomic mass is 16.4. The Labute approximate surface area is 78.7 Å².